The summed E-state index contributed by atoms with van der Waals surface area (Å²) in [5, 5.41) is 8.89. The highest BCUT2D eigenvalue weighted by molar-refractivity contribution is 7.91. The molecular weight excluding hydrogens is 310 g/mol. The van der Waals surface area contributed by atoms with Gasteiger partial charge in [-0.15, -0.1) is 11.3 Å². The first-order chi connectivity index (χ1) is 9.92. The third-order valence-electron chi connectivity index (χ3n) is 3.75. The van der Waals surface area contributed by atoms with E-state index in [2.05, 4.69) is 21.6 Å². The van der Waals surface area contributed by atoms with E-state index in [9.17, 15) is 8.42 Å². The van der Waals surface area contributed by atoms with E-state index in [1.807, 2.05) is 7.05 Å². The summed E-state index contributed by atoms with van der Waals surface area (Å²) in [6, 6.07) is 3.56. The first-order valence-electron chi connectivity index (χ1n) is 7.00. The molecule has 1 aromatic heterocycles. The van der Waals surface area contributed by atoms with Crippen molar-refractivity contribution >= 4 is 21.4 Å². The van der Waals surface area contributed by atoms with Crippen molar-refractivity contribution < 1.29 is 13.5 Å². The summed E-state index contributed by atoms with van der Waals surface area (Å²) in [5.74, 6) is 0. The van der Waals surface area contributed by atoms with Gasteiger partial charge in [-0.3, -0.25) is 4.90 Å². The molecule has 0 bridgehead atoms. The van der Waals surface area contributed by atoms with E-state index in [-0.39, 0.29) is 12.6 Å². The molecule has 8 heteroatoms. The first-order valence-corrected chi connectivity index (χ1v) is 9.30. The van der Waals surface area contributed by atoms with Crippen LogP contribution in [0.15, 0.2) is 16.3 Å². The Hall–Kier alpha value is -0.510. The highest BCUT2D eigenvalue weighted by atomic mass is 32.2. The summed E-state index contributed by atoms with van der Waals surface area (Å²) < 4.78 is 27.6. The maximum atomic E-state index is 12.3. The zero-order valence-corrected chi connectivity index (χ0v) is 14.1. The Morgan fingerprint density at radius 2 is 2.14 bits per heavy atom. The maximum absolute atomic E-state index is 12.3. The average Bonchev–Trinajstić information content (AvgIpc) is 2.90. The Balaban J connectivity index is 1.96. The second-order valence-electron chi connectivity index (χ2n) is 5.44. The molecular formula is C13H23N3O3S2. The van der Waals surface area contributed by atoms with Gasteiger partial charge in [0.05, 0.1) is 0 Å². The highest BCUT2D eigenvalue weighted by Gasteiger charge is 2.25. The first kappa shape index (κ1) is 16.9. The lowest BCUT2D eigenvalue weighted by Crippen LogP contribution is -2.54. The van der Waals surface area contributed by atoms with Gasteiger partial charge in [0.25, 0.3) is 0 Å². The van der Waals surface area contributed by atoms with Crippen LogP contribution in [0.5, 0.6) is 0 Å². The summed E-state index contributed by atoms with van der Waals surface area (Å²) >= 11 is 1.22. The highest BCUT2D eigenvalue weighted by Crippen LogP contribution is 2.21. The number of nitrogens with one attached hydrogen (secondary N) is 1. The molecule has 2 heterocycles. The minimum atomic E-state index is -3.46. The van der Waals surface area contributed by atoms with Gasteiger partial charge in [0.1, 0.15) is 4.21 Å². The molecule has 1 aliphatic rings. The standard InChI is InChI=1S/C13H23N3O3S2/c1-15-6-7-16(2)11(10-15)9-14-21(18,19)13-4-3-12(20-13)5-8-17/h3-4,11,14,17H,5-10H2,1-2H3. The molecule has 0 spiro atoms. The summed E-state index contributed by atoms with van der Waals surface area (Å²) in [6.07, 6.45) is 0.496. The number of thiophene rings is 1. The Morgan fingerprint density at radius 1 is 1.38 bits per heavy atom. The van der Waals surface area contributed by atoms with Gasteiger partial charge in [0.15, 0.2) is 0 Å². The van der Waals surface area contributed by atoms with Gasteiger partial charge in [0, 0.05) is 50.1 Å². The van der Waals surface area contributed by atoms with Gasteiger partial charge in [0.2, 0.25) is 10.0 Å². The van der Waals surface area contributed by atoms with Crippen LogP contribution in [0.4, 0.5) is 0 Å². The van der Waals surface area contributed by atoms with Crippen molar-refractivity contribution in [3.8, 4) is 0 Å². The van der Waals surface area contributed by atoms with Crippen LogP contribution in [0.3, 0.4) is 0 Å². The fourth-order valence-corrected chi connectivity index (χ4v) is 4.81. The molecule has 0 amide bonds. The van der Waals surface area contributed by atoms with E-state index in [0.29, 0.717) is 17.2 Å². The Labute approximate surface area is 130 Å². The van der Waals surface area contributed by atoms with Crippen molar-refractivity contribution in [3.63, 3.8) is 0 Å². The molecule has 0 aliphatic carbocycles. The molecule has 1 saturated heterocycles. The predicted octanol–water partition coefficient (Wildman–Crippen LogP) is -0.193. The summed E-state index contributed by atoms with van der Waals surface area (Å²) in [6.45, 7) is 3.26. The number of aliphatic hydroxyl groups is 1. The molecule has 0 aromatic carbocycles. The smallest absolute Gasteiger partial charge is 0.250 e. The van der Waals surface area contributed by atoms with Crippen molar-refractivity contribution in [3.05, 3.63) is 17.0 Å². The number of rotatable bonds is 6. The zero-order chi connectivity index (χ0) is 15.5. The minimum absolute atomic E-state index is 0.0344. The monoisotopic (exact) mass is 333 g/mol. The van der Waals surface area contributed by atoms with E-state index in [0.717, 1.165) is 24.5 Å². The summed E-state index contributed by atoms with van der Waals surface area (Å²) in [7, 11) is 0.618. The molecule has 1 fully saturated rings. The lowest BCUT2D eigenvalue weighted by atomic mass is 10.2. The molecule has 1 aliphatic heterocycles. The van der Waals surface area contributed by atoms with Crippen molar-refractivity contribution in [2.24, 2.45) is 0 Å². The zero-order valence-electron chi connectivity index (χ0n) is 12.4. The number of hydrogen-bond donors (Lipinski definition) is 2. The average molecular weight is 333 g/mol. The van der Waals surface area contributed by atoms with Gasteiger partial charge in [-0.05, 0) is 26.2 Å². The van der Waals surface area contributed by atoms with E-state index in [4.69, 9.17) is 5.11 Å². The van der Waals surface area contributed by atoms with Crippen LogP contribution in [0.2, 0.25) is 0 Å². The number of sulfonamides is 1. The molecule has 2 N–H and O–H groups in total. The molecule has 1 unspecified atom stereocenters. The van der Waals surface area contributed by atoms with Crippen LogP contribution in [-0.2, 0) is 16.4 Å². The molecule has 1 atom stereocenters. The molecule has 2 rings (SSSR count). The van der Waals surface area contributed by atoms with Crippen LogP contribution in [0, 0.1) is 0 Å². The van der Waals surface area contributed by atoms with Crippen LogP contribution < -0.4 is 4.72 Å². The van der Waals surface area contributed by atoms with E-state index in [1.165, 1.54) is 11.3 Å². The third kappa shape index (κ3) is 4.48. The van der Waals surface area contributed by atoms with E-state index in [1.54, 1.807) is 12.1 Å². The van der Waals surface area contributed by atoms with Gasteiger partial charge in [-0.2, -0.15) is 0 Å². The number of likely N-dealkylation sites (N-methyl/N-ethyl adjacent to an activating group) is 2. The third-order valence-corrected chi connectivity index (χ3v) is 6.81. The number of aliphatic hydroxyl groups excluding tert-OH is 1. The van der Waals surface area contributed by atoms with Crippen LogP contribution in [0.1, 0.15) is 4.88 Å². The molecule has 0 radical (unpaired) electrons. The van der Waals surface area contributed by atoms with Crippen molar-refractivity contribution in [1.29, 1.82) is 0 Å². The topological polar surface area (TPSA) is 72.9 Å². The minimum Gasteiger partial charge on any atom is -0.396 e. The van der Waals surface area contributed by atoms with Crippen molar-refractivity contribution in [2.45, 2.75) is 16.7 Å². The second kappa shape index (κ2) is 7.17. The molecule has 120 valence electrons. The number of nitrogens with zero attached hydrogens (tertiary/aromatic N) is 2. The van der Waals surface area contributed by atoms with Crippen LogP contribution in [0.25, 0.3) is 0 Å². The van der Waals surface area contributed by atoms with Crippen molar-refractivity contribution in [1.82, 2.24) is 14.5 Å². The Morgan fingerprint density at radius 3 is 2.86 bits per heavy atom. The Kier molecular flexibility index (Phi) is 5.75. The lowest BCUT2D eigenvalue weighted by Gasteiger charge is -2.37. The van der Waals surface area contributed by atoms with E-state index >= 15 is 0 Å². The van der Waals surface area contributed by atoms with E-state index < -0.39 is 10.0 Å². The Bertz CT molecular complexity index is 559. The summed E-state index contributed by atoms with van der Waals surface area (Å²) in [4.78, 5) is 5.28. The normalized spacial score (nSPS) is 21.8. The van der Waals surface area contributed by atoms with Gasteiger partial charge in [-0.1, -0.05) is 0 Å². The quantitative estimate of drug-likeness (QED) is 0.755. The molecule has 21 heavy (non-hydrogen) atoms. The van der Waals surface area contributed by atoms with Crippen molar-refractivity contribution in [2.75, 3.05) is 46.9 Å². The summed E-state index contributed by atoms with van der Waals surface area (Å²) in [5.41, 5.74) is 0. The lowest BCUT2D eigenvalue weighted by molar-refractivity contribution is 0.117. The fourth-order valence-electron chi connectivity index (χ4n) is 2.35. The predicted molar refractivity (Wildman–Crippen MR) is 84.2 cm³/mol. The second-order valence-corrected chi connectivity index (χ2v) is 8.61. The van der Waals surface area contributed by atoms with Gasteiger partial charge >= 0.3 is 0 Å². The maximum Gasteiger partial charge on any atom is 0.250 e. The number of hydrogen-bond acceptors (Lipinski definition) is 6. The van der Waals surface area contributed by atoms with Crippen LogP contribution in [-0.4, -0.2) is 76.2 Å². The SMILES string of the molecule is CN1CCN(C)C(CNS(=O)(=O)c2ccc(CCO)s2)C1. The molecule has 1 aromatic rings. The largest absolute Gasteiger partial charge is 0.396 e. The van der Waals surface area contributed by atoms with Crippen LogP contribution >= 0.6 is 11.3 Å². The number of piperazine rings is 1. The molecule has 0 saturated carbocycles. The molecule has 6 nitrogen and oxygen atoms in total. The van der Waals surface area contributed by atoms with Gasteiger partial charge < -0.3 is 10.0 Å². The fraction of sp³-hybridized carbons (Fsp3) is 0.692. The van der Waals surface area contributed by atoms with Gasteiger partial charge in [-0.25, -0.2) is 13.1 Å².